The van der Waals surface area contributed by atoms with Gasteiger partial charge in [-0.1, -0.05) is 27.7 Å². The average Bonchev–Trinajstić information content (AvgIpc) is 2.16. The monoisotopic (exact) mass is 218 g/mol. The molecule has 2 atom stereocenters. The lowest BCUT2D eigenvalue weighted by Crippen LogP contribution is -2.43. The number of rotatable bonds is 5. The first-order valence-electron chi connectivity index (χ1n) is 5.26. The first kappa shape index (κ1) is 14.4. The molecule has 15 heavy (non-hydrogen) atoms. The van der Waals surface area contributed by atoms with Crippen molar-refractivity contribution in [3.8, 4) is 0 Å². The summed E-state index contributed by atoms with van der Waals surface area (Å²) in [5.41, 5.74) is 0. The standard InChI is InChI=1S/C11H22O4/c1-6(2)9(12)8(11(14)15-5)10(13)7(3)4/h6-10,12-13H,1-5H3/t9-,10-/m1/s1. The summed E-state index contributed by atoms with van der Waals surface area (Å²) < 4.78 is 4.60. The molecule has 0 saturated carbocycles. The number of hydrogen-bond donors (Lipinski definition) is 2. The van der Waals surface area contributed by atoms with Gasteiger partial charge in [-0.05, 0) is 11.8 Å². The molecule has 0 fully saturated rings. The van der Waals surface area contributed by atoms with Gasteiger partial charge in [-0.3, -0.25) is 4.79 Å². The highest BCUT2D eigenvalue weighted by molar-refractivity contribution is 5.73. The van der Waals surface area contributed by atoms with Crippen LogP contribution in [0.2, 0.25) is 0 Å². The van der Waals surface area contributed by atoms with Crippen molar-refractivity contribution >= 4 is 5.97 Å². The van der Waals surface area contributed by atoms with Gasteiger partial charge in [0.15, 0.2) is 0 Å². The molecule has 0 bridgehead atoms. The minimum Gasteiger partial charge on any atom is -0.469 e. The molecular formula is C11H22O4. The normalized spacial score (nSPS) is 17.7. The molecule has 0 aliphatic heterocycles. The van der Waals surface area contributed by atoms with Crippen LogP contribution < -0.4 is 0 Å². The van der Waals surface area contributed by atoms with E-state index in [1.807, 2.05) is 0 Å². The SMILES string of the molecule is COC(=O)C([C@H](O)C(C)C)[C@H](O)C(C)C. The maximum Gasteiger partial charge on any atom is 0.313 e. The molecule has 0 aromatic carbocycles. The third-order valence-electron chi connectivity index (χ3n) is 2.58. The van der Waals surface area contributed by atoms with E-state index in [1.165, 1.54) is 7.11 Å². The summed E-state index contributed by atoms with van der Waals surface area (Å²) in [6.07, 6.45) is -1.76. The summed E-state index contributed by atoms with van der Waals surface area (Å²) in [6, 6.07) is 0. The number of carbonyl (C=O) groups is 1. The van der Waals surface area contributed by atoms with Crippen LogP contribution in [0.15, 0.2) is 0 Å². The lowest BCUT2D eigenvalue weighted by atomic mass is 9.84. The lowest BCUT2D eigenvalue weighted by molar-refractivity contribution is -0.158. The van der Waals surface area contributed by atoms with Crippen LogP contribution in [0.3, 0.4) is 0 Å². The van der Waals surface area contributed by atoms with Gasteiger partial charge >= 0.3 is 5.97 Å². The zero-order chi connectivity index (χ0) is 12.2. The highest BCUT2D eigenvalue weighted by Gasteiger charge is 2.37. The van der Waals surface area contributed by atoms with E-state index in [0.29, 0.717) is 0 Å². The van der Waals surface area contributed by atoms with E-state index < -0.39 is 24.1 Å². The second kappa shape index (κ2) is 6.08. The number of ether oxygens (including phenoxy) is 1. The fraction of sp³-hybridized carbons (Fsp3) is 0.909. The molecular weight excluding hydrogens is 196 g/mol. The van der Waals surface area contributed by atoms with E-state index >= 15 is 0 Å². The van der Waals surface area contributed by atoms with Gasteiger partial charge in [-0.25, -0.2) is 0 Å². The van der Waals surface area contributed by atoms with Crippen molar-refractivity contribution in [1.82, 2.24) is 0 Å². The lowest BCUT2D eigenvalue weighted by Gasteiger charge is -2.29. The number of aliphatic hydroxyl groups excluding tert-OH is 2. The molecule has 0 aliphatic carbocycles. The predicted octanol–water partition coefficient (Wildman–Crippen LogP) is 0.809. The van der Waals surface area contributed by atoms with Gasteiger partial charge in [0.1, 0.15) is 5.92 Å². The Kier molecular flexibility index (Phi) is 5.83. The fourth-order valence-electron chi connectivity index (χ4n) is 1.45. The summed E-state index contributed by atoms with van der Waals surface area (Å²) in [6.45, 7) is 7.20. The predicted molar refractivity (Wildman–Crippen MR) is 57.2 cm³/mol. The molecule has 0 heterocycles. The van der Waals surface area contributed by atoms with E-state index in [9.17, 15) is 15.0 Å². The number of methoxy groups -OCH3 is 1. The van der Waals surface area contributed by atoms with Crippen molar-refractivity contribution in [2.24, 2.45) is 17.8 Å². The van der Waals surface area contributed by atoms with Gasteiger partial charge in [0.2, 0.25) is 0 Å². The third-order valence-corrected chi connectivity index (χ3v) is 2.58. The summed E-state index contributed by atoms with van der Waals surface area (Å²) in [4.78, 5) is 11.5. The summed E-state index contributed by atoms with van der Waals surface area (Å²) in [7, 11) is 1.26. The zero-order valence-electron chi connectivity index (χ0n) is 10.1. The van der Waals surface area contributed by atoms with Gasteiger partial charge in [0, 0.05) is 0 Å². The minimum atomic E-state index is -0.880. The van der Waals surface area contributed by atoms with Gasteiger partial charge in [0.05, 0.1) is 19.3 Å². The van der Waals surface area contributed by atoms with Crippen molar-refractivity contribution in [1.29, 1.82) is 0 Å². The number of esters is 1. The Balaban J connectivity index is 4.80. The van der Waals surface area contributed by atoms with Crippen LogP contribution in [-0.2, 0) is 9.53 Å². The Morgan fingerprint density at radius 1 is 1.00 bits per heavy atom. The molecule has 0 radical (unpaired) electrons. The fourth-order valence-corrected chi connectivity index (χ4v) is 1.45. The molecule has 0 unspecified atom stereocenters. The van der Waals surface area contributed by atoms with Gasteiger partial charge in [-0.2, -0.15) is 0 Å². The molecule has 0 saturated heterocycles. The van der Waals surface area contributed by atoms with E-state index in [2.05, 4.69) is 4.74 Å². The third kappa shape index (κ3) is 3.80. The van der Waals surface area contributed by atoms with Crippen molar-refractivity contribution < 1.29 is 19.7 Å². The Bertz CT molecular complexity index is 187. The topological polar surface area (TPSA) is 66.8 Å². The Morgan fingerprint density at radius 2 is 1.33 bits per heavy atom. The molecule has 0 aliphatic rings. The molecule has 0 spiro atoms. The van der Waals surface area contributed by atoms with Gasteiger partial charge in [0.25, 0.3) is 0 Å². The van der Waals surface area contributed by atoms with E-state index in [4.69, 9.17) is 0 Å². The molecule has 90 valence electrons. The molecule has 0 aromatic rings. The van der Waals surface area contributed by atoms with Gasteiger partial charge < -0.3 is 14.9 Å². The number of hydrogen-bond acceptors (Lipinski definition) is 4. The maximum absolute atomic E-state index is 11.5. The molecule has 0 amide bonds. The van der Waals surface area contributed by atoms with E-state index in [-0.39, 0.29) is 11.8 Å². The van der Waals surface area contributed by atoms with Crippen LogP contribution in [0.25, 0.3) is 0 Å². The van der Waals surface area contributed by atoms with Crippen LogP contribution in [0.5, 0.6) is 0 Å². The second-order valence-electron chi connectivity index (χ2n) is 4.52. The van der Waals surface area contributed by atoms with Crippen molar-refractivity contribution in [2.45, 2.75) is 39.9 Å². The molecule has 2 N–H and O–H groups in total. The van der Waals surface area contributed by atoms with Crippen LogP contribution >= 0.6 is 0 Å². The molecule has 4 nitrogen and oxygen atoms in total. The Hall–Kier alpha value is -0.610. The van der Waals surface area contributed by atoms with Crippen molar-refractivity contribution in [3.63, 3.8) is 0 Å². The van der Waals surface area contributed by atoms with Gasteiger partial charge in [-0.15, -0.1) is 0 Å². The Labute approximate surface area is 91.3 Å². The average molecular weight is 218 g/mol. The molecule has 4 heteroatoms. The largest absolute Gasteiger partial charge is 0.469 e. The number of aliphatic hydroxyl groups is 2. The Morgan fingerprint density at radius 3 is 1.53 bits per heavy atom. The van der Waals surface area contributed by atoms with Crippen LogP contribution in [0.1, 0.15) is 27.7 Å². The quantitative estimate of drug-likeness (QED) is 0.670. The highest BCUT2D eigenvalue weighted by atomic mass is 16.5. The minimum absolute atomic E-state index is 0.0949. The van der Waals surface area contributed by atoms with Crippen LogP contribution in [-0.4, -0.2) is 35.5 Å². The number of carbonyl (C=O) groups excluding carboxylic acids is 1. The van der Waals surface area contributed by atoms with Crippen LogP contribution in [0.4, 0.5) is 0 Å². The molecule has 0 rings (SSSR count). The summed E-state index contributed by atoms with van der Waals surface area (Å²) in [5.74, 6) is -1.61. The highest BCUT2D eigenvalue weighted by Crippen LogP contribution is 2.22. The molecule has 0 aromatic heterocycles. The summed E-state index contributed by atoms with van der Waals surface area (Å²) >= 11 is 0. The smallest absolute Gasteiger partial charge is 0.313 e. The van der Waals surface area contributed by atoms with E-state index in [0.717, 1.165) is 0 Å². The second-order valence-corrected chi connectivity index (χ2v) is 4.52. The summed E-state index contributed by atoms with van der Waals surface area (Å²) in [5, 5.41) is 19.7. The van der Waals surface area contributed by atoms with Crippen molar-refractivity contribution in [2.75, 3.05) is 7.11 Å². The maximum atomic E-state index is 11.5. The van der Waals surface area contributed by atoms with Crippen molar-refractivity contribution in [3.05, 3.63) is 0 Å². The first-order valence-corrected chi connectivity index (χ1v) is 5.26. The van der Waals surface area contributed by atoms with Crippen LogP contribution in [0, 0.1) is 17.8 Å². The van der Waals surface area contributed by atoms with E-state index in [1.54, 1.807) is 27.7 Å². The first-order chi connectivity index (χ1) is 6.82. The zero-order valence-corrected chi connectivity index (χ0v) is 10.1.